The number of hydrogen-bond donors (Lipinski definition) is 1. The van der Waals surface area contributed by atoms with E-state index in [1.54, 1.807) is 24.8 Å². The van der Waals surface area contributed by atoms with Crippen molar-refractivity contribution in [2.45, 2.75) is 32.7 Å². The second-order valence-electron chi connectivity index (χ2n) is 5.30. The van der Waals surface area contributed by atoms with E-state index in [0.29, 0.717) is 13.0 Å². The van der Waals surface area contributed by atoms with Gasteiger partial charge in [-0.15, -0.1) is 0 Å². The Morgan fingerprint density at radius 3 is 2.61 bits per heavy atom. The third-order valence-electron chi connectivity index (χ3n) is 3.71. The Hall–Kier alpha value is -2.60. The Bertz CT molecular complexity index is 780. The van der Waals surface area contributed by atoms with E-state index in [-0.39, 0.29) is 0 Å². The normalized spacial score (nSPS) is 10.9. The highest BCUT2D eigenvalue weighted by molar-refractivity contribution is 5.35. The minimum Gasteiger partial charge on any atom is -0.326 e. The summed E-state index contributed by atoms with van der Waals surface area (Å²) in [5, 5.41) is 4.42. The lowest BCUT2D eigenvalue weighted by Gasteiger charge is -2.11. The predicted octanol–water partition coefficient (Wildman–Crippen LogP) is 2.06. The number of nitrogens with two attached hydrogens (primary N) is 1. The molecule has 0 radical (unpaired) electrons. The molecule has 0 saturated heterocycles. The van der Waals surface area contributed by atoms with Gasteiger partial charge in [0, 0.05) is 43.3 Å². The van der Waals surface area contributed by atoms with Crippen molar-refractivity contribution in [2.24, 2.45) is 5.73 Å². The molecule has 6 heteroatoms. The van der Waals surface area contributed by atoms with Crippen LogP contribution in [0.3, 0.4) is 0 Å². The first kappa shape index (κ1) is 15.3. The van der Waals surface area contributed by atoms with E-state index in [0.717, 1.165) is 41.3 Å². The van der Waals surface area contributed by atoms with Crippen LogP contribution in [0, 0.1) is 0 Å². The Morgan fingerprint density at radius 2 is 1.83 bits per heavy atom. The third-order valence-corrected chi connectivity index (χ3v) is 3.71. The second kappa shape index (κ2) is 7.11. The fourth-order valence-electron chi connectivity index (χ4n) is 2.60. The molecule has 0 spiro atoms. The molecule has 0 unspecified atom stereocenters. The Morgan fingerprint density at radius 1 is 1.00 bits per heavy atom. The summed E-state index contributed by atoms with van der Waals surface area (Å²) in [7, 11) is 0. The average Bonchev–Trinajstić information content (AvgIpc) is 3.05. The summed E-state index contributed by atoms with van der Waals surface area (Å²) >= 11 is 0. The lowest BCUT2D eigenvalue weighted by molar-refractivity contribution is 0.764. The number of aromatic nitrogens is 5. The summed E-state index contributed by atoms with van der Waals surface area (Å²) in [6, 6.07) is 5.84. The van der Waals surface area contributed by atoms with Gasteiger partial charge in [0.15, 0.2) is 5.82 Å². The maximum absolute atomic E-state index is 5.82. The van der Waals surface area contributed by atoms with Crippen LogP contribution in [0.4, 0.5) is 0 Å². The SMILES string of the molecule is CCCc1nccnc1Cc1ccnn1-c1ncccc1CN. The van der Waals surface area contributed by atoms with E-state index in [4.69, 9.17) is 5.73 Å². The van der Waals surface area contributed by atoms with E-state index >= 15 is 0 Å². The molecule has 6 nitrogen and oxygen atoms in total. The van der Waals surface area contributed by atoms with Gasteiger partial charge in [-0.05, 0) is 18.6 Å². The fourth-order valence-corrected chi connectivity index (χ4v) is 2.60. The highest BCUT2D eigenvalue weighted by Gasteiger charge is 2.13. The fraction of sp³-hybridized carbons (Fsp3) is 0.294. The Balaban J connectivity index is 1.96. The first-order chi connectivity index (χ1) is 11.3. The van der Waals surface area contributed by atoms with Crippen molar-refractivity contribution in [1.82, 2.24) is 24.7 Å². The molecule has 0 bridgehead atoms. The Kier molecular flexibility index (Phi) is 4.73. The minimum absolute atomic E-state index is 0.425. The first-order valence-electron chi connectivity index (χ1n) is 7.79. The summed E-state index contributed by atoms with van der Waals surface area (Å²) in [5.41, 5.74) is 9.84. The van der Waals surface area contributed by atoms with Gasteiger partial charge in [0.25, 0.3) is 0 Å². The van der Waals surface area contributed by atoms with Crippen LogP contribution in [0.2, 0.25) is 0 Å². The molecule has 0 aliphatic rings. The molecule has 0 amide bonds. The topological polar surface area (TPSA) is 82.5 Å². The smallest absolute Gasteiger partial charge is 0.158 e. The van der Waals surface area contributed by atoms with Crippen LogP contribution in [0.1, 0.15) is 36.0 Å². The molecule has 118 valence electrons. The van der Waals surface area contributed by atoms with Gasteiger partial charge in [0.1, 0.15) is 0 Å². The molecule has 0 aliphatic heterocycles. The molecule has 2 N–H and O–H groups in total. The highest BCUT2D eigenvalue weighted by atomic mass is 15.3. The first-order valence-corrected chi connectivity index (χ1v) is 7.79. The van der Waals surface area contributed by atoms with Gasteiger partial charge in [-0.3, -0.25) is 9.97 Å². The molecule has 0 aromatic carbocycles. The van der Waals surface area contributed by atoms with Crippen LogP contribution in [-0.4, -0.2) is 24.7 Å². The zero-order valence-electron chi connectivity index (χ0n) is 13.2. The van der Waals surface area contributed by atoms with E-state index in [1.165, 1.54) is 0 Å². The van der Waals surface area contributed by atoms with Crippen molar-refractivity contribution in [1.29, 1.82) is 0 Å². The second-order valence-corrected chi connectivity index (χ2v) is 5.30. The molecular formula is C17H20N6. The summed E-state index contributed by atoms with van der Waals surface area (Å²) in [4.78, 5) is 13.4. The highest BCUT2D eigenvalue weighted by Crippen LogP contribution is 2.16. The molecule has 0 saturated carbocycles. The van der Waals surface area contributed by atoms with Crippen molar-refractivity contribution < 1.29 is 0 Å². The van der Waals surface area contributed by atoms with Crippen LogP contribution in [0.15, 0.2) is 43.0 Å². The minimum atomic E-state index is 0.425. The standard InChI is InChI=1S/C17H20N6/c1-2-4-15-16(20-10-9-19-15)11-14-6-8-22-23(14)17-13(12-18)5-3-7-21-17/h3,5-10H,2,4,11-12,18H2,1H3. The number of nitrogens with zero attached hydrogens (tertiary/aromatic N) is 5. The van der Waals surface area contributed by atoms with Crippen LogP contribution in [-0.2, 0) is 19.4 Å². The molecule has 0 aliphatic carbocycles. The molecular weight excluding hydrogens is 288 g/mol. The average molecular weight is 308 g/mol. The van der Waals surface area contributed by atoms with E-state index < -0.39 is 0 Å². The summed E-state index contributed by atoms with van der Waals surface area (Å²) in [6.45, 7) is 2.57. The van der Waals surface area contributed by atoms with E-state index in [2.05, 4.69) is 27.0 Å². The molecule has 3 aromatic heterocycles. The van der Waals surface area contributed by atoms with Crippen LogP contribution < -0.4 is 5.73 Å². The number of rotatable bonds is 6. The molecule has 3 rings (SSSR count). The van der Waals surface area contributed by atoms with Gasteiger partial charge in [-0.1, -0.05) is 19.4 Å². The van der Waals surface area contributed by atoms with Crippen molar-refractivity contribution in [3.8, 4) is 5.82 Å². The maximum atomic E-state index is 5.82. The monoisotopic (exact) mass is 308 g/mol. The lowest BCUT2D eigenvalue weighted by Crippen LogP contribution is -2.11. The van der Waals surface area contributed by atoms with Crippen molar-refractivity contribution in [3.05, 3.63) is 65.6 Å². The summed E-state index contributed by atoms with van der Waals surface area (Å²) < 4.78 is 1.84. The maximum Gasteiger partial charge on any atom is 0.158 e. The van der Waals surface area contributed by atoms with Crippen LogP contribution in [0.5, 0.6) is 0 Å². The van der Waals surface area contributed by atoms with Crippen LogP contribution >= 0.6 is 0 Å². The van der Waals surface area contributed by atoms with Gasteiger partial charge < -0.3 is 5.73 Å². The molecule has 3 heterocycles. The van der Waals surface area contributed by atoms with Crippen molar-refractivity contribution in [2.75, 3.05) is 0 Å². The van der Waals surface area contributed by atoms with E-state index in [9.17, 15) is 0 Å². The molecule has 0 fully saturated rings. The van der Waals surface area contributed by atoms with Gasteiger partial charge in [0.2, 0.25) is 0 Å². The zero-order valence-corrected chi connectivity index (χ0v) is 13.2. The number of pyridine rings is 1. The summed E-state index contributed by atoms with van der Waals surface area (Å²) in [6.07, 6.45) is 9.66. The largest absolute Gasteiger partial charge is 0.326 e. The van der Waals surface area contributed by atoms with Gasteiger partial charge in [-0.25, -0.2) is 9.67 Å². The third kappa shape index (κ3) is 3.27. The van der Waals surface area contributed by atoms with Gasteiger partial charge in [-0.2, -0.15) is 5.10 Å². The molecule has 3 aromatic rings. The zero-order chi connectivity index (χ0) is 16.1. The quantitative estimate of drug-likeness (QED) is 0.753. The van der Waals surface area contributed by atoms with Gasteiger partial charge >= 0.3 is 0 Å². The number of aryl methyl sites for hydroxylation is 1. The van der Waals surface area contributed by atoms with Crippen molar-refractivity contribution >= 4 is 0 Å². The lowest BCUT2D eigenvalue weighted by atomic mass is 10.1. The van der Waals surface area contributed by atoms with Crippen LogP contribution in [0.25, 0.3) is 5.82 Å². The predicted molar refractivity (Wildman–Crippen MR) is 88.1 cm³/mol. The van der Waals surface area contributed by atoms with Crippen molar-refractivity contribution in [3.63, 3.8) is 0 Å². The molecule has 0 atom stereocenters. The van der Waals surface area contributed by atoms with Gasteiger partial charge in [0.05, 0.1) is 17.1 Å². The molecule has 23 heavy (non-hydrogen) atoms. The summed E-state index contributed by atoms with van der Waals surface area (Å²) in [5.74, 6) is 0.774. The number of hydrogen-bond acceptors (Lipinski definition) is 5. The Labute approximate surface area is 135 Å². The van der Waals surface area contributed by atoms with E-state index in [1.807, 2.05) is 22.9 Å².